The van der Waals surface area contributed by atoms with Gasteiger partial charge in [0.2, 0.25) is 5.91 Å². The lowest BCUT2D eigenvalue weighted by molar-refractivity contribution is -0.141. The SMILES string of the molecule is CC(C#N)CN(C)C(=O)C1(C)CCNCC1. The number of nitriles is 1. The van der Waals surface area contributed by atoms with E-state index in [0.29, 0.717) is 6.54 Å². The first-order chi connectivity index (χ1) is 7.49. The number of rotatable bonds is 3. The average Bonchev–Trinajstić information content (AvgIpc) is 2.28. The van der Waals surface area contributed by atoms with E-state index in [4.69, 9.17) is 5.26 Å². The second kappa shape index (κ2) is 5.31. The van der Waals surface area contributed by atoms with E-state index in [1.165, 1.54) is 0 Å². The molecule has 0 aromatic rings. The summed E-state index contributed by atoms with van der Waals surface area (Å²) in [4.78, 5) is 14.0. The van der Waals surface area contributed by atoms with E-state index < -0.39 is 0 Å². The van der Waals surface area contributed by atoms with E-state index in [1.54, 1.807) is 11.9 Å². The van der Waals surface area contributed by atoms with Gasteiger partial charge in [0.05, 0.1) is 12.0 Å². The number of carbonyl (C=O) groups is 1. The third kappa shape index (κ3) is 2.96. The molecule has 0 spiro atoms. The number of nitrogens with zero attached hydrogens (tertiary/aromatic N) is 2. The van der Waals surface area contributed by atoms with Crippen molar-refractivity contribution in [3.8, 4) is 6.07 Å². The molecule has 1 N–H and O–H groups in total. The van der Waals surface area contributed by atoms with Crippen molar-refractivity contribution in [1.29, 1.82) is 5.26 Å². The monoisotopic (exact) mass is 223 g/mol. The predicted molar refractivity (Wildman–Crippen MR) is 62.6 cm³/mol. The Morgan fingerprint density at radius 3 is 2.62 bits per heavy atom. The van der Waals surface area contributed by atoms with Gasteiger partial charge in [0.1, 0.15) is 0 Å². The van der Waals surface area contributed by atoms with Crippen LogP contribution in [0.2, 0.25) is 0 Å². The van der Waals surface area contributed by atoms with Crippen molar-refractivity contribution in [3.05, 3.63) is 0 Å². The molecule has 1 unspecified atom stereocenters. The first kappa shape index (κ1) is 13.0. The lowest BCUT2D eigenvalue weighted by Gasteiger charge is -2.36. The minimum Gasteiger partial charge on any atom is -0.344 e. The maximum Gasteiger partial charge on any atom is 0.228 e. The zero-order valence-electron chi connectivity index (χ0n) is 10.4. The molecule has 1 rings (SSSR count). The van der Waals surface area contributed by atoms with Crippen LogP contribution in [0.25, 0.3) is 0 Å². The van der Waals surface area contributed by atoms with E-state index >= 15 is 0 Å². The van der Waals surface area contributed by atoms with Crippen LogP contribution < -0.4 is 5.32 Å². The molecule has 1 atom stereocenters. The summed E-state index contributed by atoms with van der Waals surface area (Å²) in [5.41, 5.74) is -0.241. The summed E-state index contributed by atoms with van der Waals surface area (Å²) in [5, 5.41) is 12.0. The Hall–Kier alpha value is -1.08. The number of piperidine rings is 1. The molecule has 90 valence electrons. The highest BCUT2D eigenvalue weighted by Gasteiger charge is 2.36. The molecule has 1 amide bonds. The molecule has 1 aliphatic heterocycles. The van der Waals surface area contributed by atoms with Gasteiger partial charge in [0, 0.05) is 19.0 Å². The van der Waals surface area contributed by atoms with Crippen LogP contribution >= 0.6 is 0 Å². The normalized spacial score (nSPS) is 20.9. The summed E-state index contributed by atoms with van der Waals surface area (Å²) in [6.07, 6.45) is 1.77. The molecule has 1 fully saturated rings. The minimum atomic E-state index is -0.241. The van der Waals surface area contributed by atoms with Gasteiger partial charge < -0.3 is 10.2 Å². The number of carbonyl (C=O) groups excluding carboxylic acids is 1. The van der Waals surface area contributed by atoms with Crippen LogP contribution in [-0.4, -0.2) is 37.5 Å². The van der Waals surface area contributed by atoms with Crippen LogP contribution in [0.15, 0.2) is 0 Å². The van der Waals surface area contributed by atoms with Gasteiger partial charge >= 0.3 is 0 Å². The topological polar surface area (TPSA) is 56.1 Å². The van der Waals surface area contributed by atoms with Gasteiger partial charge in [-0.1, -0.05) is 6.92 Å². The molecule has 4 heteroatoms. The van der Waals surface area contributed by atoms with Gasteiger partial charge in [-0.15, -0.1) is 0 Å². The summed E-state index contributed by atoms with van der Waals surface area (Å²) < 4.78 is 0. The standard InChI is InChI=1S/C12H21N3O/c1-10(8-13)9-15(3)11(16)12(2)4-6-14-7-5-12/h10,14H,4-7,9H2,1-3H3. The molecule has 16 heavy (non-hydrogen) atoms. The van der Waals surface area contributed by atoms with Crippen LogP contribution in [0.4, 0.5) is 0 Å². The van der Waals surface area contributed by atoms with Crippen LogP contribution in [-0.2, 0) is 4.79 Å². The second-order valence-corrected chi connectivity index (χ2v) is 5.03. The first-order valence-corrected chi connectivity index (χ1v) is 5.85. The molecular formula is C12H21N3O. The summed E-state index contributed by atoms with van der Waals surface area (Å²) in [6, 6.07) is 2.16. The molecule has 0 saturated carbocycles. The molecule has 0 aliphatic carbocycles. The third-order valence-corrected chi connectivity index (χ3v) is 3.34. The molecule has 1 saturated heterocycles. The zero-order valence-corrected chi connectivity index (χ0v) is 10.4. The fourth-order valence-corrected chi connectivity index (χ4v) is 2.19. The molecule has 0 radical (unpaired) electrons. The number of nitrogens with one attached hydrogen (secondary N) is 1. The van der Waals surface area contributed by atoms with E-state index in [1.807, 2.05) is 13.8 Å². The van der Waals surface area contributed by atoms with Crippen molar-refractivity contribution in [2.24, 2.45) is 11.3 Å². The molecule has 0 aromatic carbocycles. The largest absolute Gasteiger partial charge is 0.344 e. The number of hydrogen-bond acceptors (Lipinski definition) is 3. The van der Waals surface area contributed by atoms with Gasteiger partial charge in [-0.05, 0) is 32.9 Å². The van der Waals surface area contributed by atoms with Gasteiger partial charge in [-0.25, -0.2) is 0 Å². The average molecular weight is 223 g/mol. The first-order valence-electron chi connectivity index (χ1n) is 5.85. The Morgan fingerprint density at radius 2 is 2.12 bits per heavy atom. The van der Waals surface area contributed by atoms with E-state index in [9.17, 15) is 4.79 Å². The molecule has 0 bridgehead atoms. The fourth-order valence-electron chi connectivity index (χ4n) is 2.19. The Morgan fingerprint density at radius 1 is 1.56 bits per heavy atom. The summed E-state index contributed by atoms with van der Waals surface area (Å²) in [7, 11) is 1.80. The van der Waals surface area contributed by atoms with Crippen LogP contribution in [0.5, 0.6) is 0 Å². The third-order valence-electron chi connectivity index (χ3n) is 3.34. The molecule has 4 nitrogen and oxygen atoms in total. The lowest BCUT2D eigenvalue weighted by Crippen LogP contribution is -2.47. The summed E-state index contributed by atoms with van der Waals surface area (Å²) in [5.74, 6) is 0.0790. The van der Waals surface area contributed by atoms with Crippen LogP contribution in [0.1, 0.15) is 26.7 Å². The molecular weight excluding hydrogens is 202 g/mol. The van der Waals surface area contributed by atoms with Gasteiger partial charge in [-0.3, -0.25) is 4.79 Å². The van der Waals surface area contributed by atoms with Crippen molar-refractivity contribution in [2.75, 3.05) is 26.7 Å². The maximum absolute atomic E-state index is 12.3. The molecule has 0 aromatic heterocycles. The zero-order chi connectivity index (χ0) is 12.2. The Bertz CT molecular complexity index is 289. The second-order valence-electron chi connectivity index (χ2n) is 5.03. The highest BCUT2D eigenvalue weighted by Crippen LogP contribution is 2.30. The van der Waals surface area contributed by atoms with Crippen molar-refractivity contribution in [2.45, 2.75) is 26.7 Å². The van der Waals surface area contributed by atoms with Crippen molar-refractivity contribution < 1.29 is 4.79 Å². The van der Waals surface area contributed by atoms with Crippen molar-refractivity contribution in [3.63, 3.8) is 0 Å². The van der Waals surface area contributed by atoms with E-state index in [0.717, 1.165) is 25.9 Å². The van der Waals surface area contributed by atoms with Crippen molar-refractivity contribution in [1.82, 2.24) is 10.2 Å². The van der Waals surface area contributed by atoms with Gasteiger partial charge in [-0.2, -0.15) is 5.26 Å². The highest BCUT2D eigenvalue weighted by molar-refractivity contribution is 5.82. The summed E-state index contributed by atoms with van der Waals surface area (Å²) in [6.45, 7) is 6.21. The quantitative estimate of drug-likeness (QED) is 0.776. The van der Waals surface area contributed by atoms with E-state index in [2.05, 4.69) is 11.4 Å². The highest BCUT2D eigenvalue weighted by atomic mass is 16.2. The maximum atomic E-state index is 12.3. The van der Waals surface area contributed by atoms with E-state index in [-0.39, 0.29) is 17.2 Å². The van der Waals surface area contributed by atoms with Gasteiger partial charge in [0.25, 0.3) is 0 Å². The molecule has 1 aliphatic rings. The Kier molecular flexibility index (Phi) is 4.31. The number of hydrogen-bond donors (Lipinski definition) is 1. The lowest BCUT2D eigenvalue weighted by atomic mass is 9.79. The predicted octanol–water partition coefficient (Wildman–Crippen LogP) is 0.994. The van der Waals surface area contributed by atoms with Crippen LogP contribution in [0, 0.1) is 22.7 Å². The minimum absolute atomic E-state index is 0.0979. The van der Waals surface area contributed by atoms with Crippen LogP contribution in [0.3, 0.4) is 0 Å². The van der Waals surface area contributed by atoms with Crippen molar-refractivity contribution >= 4 is 5.91 Å². The Balaban J connectivity index is 2.58. The smallest absolute Gasteiger partial charge is 0.228 e. The fraction of sp³-hybridized carbons (Fsp3) is 0.833. The van der Waals surface area contributed by atoms with Gasteiger partial charge in [0.15, 0.2) is 0 Å². The molecule has 1 heterocycles. The number of amides is 1. The Labute approximate surface area is 97.6 Å². The summed E-state index contributed by atoms with van der Waals surface area (Å²) >= 11 is 0.